The highest BCUT2D eigenvalue weighted by molar-refractivity contribution is 5.74. The number of nitrogens with zero attached hydrogens (tertiary/aromatic N) is 1. The van der Waals surface area contributed by atoms with Gasteiger partial charge in [-0.15, -0.1) is 0 Å². The number of fused-ring (bicyclic) bond motifs is 2. The zero-order chi connectivity index (χ0) is 15.5. The third-order valence-corrected chi connectivity index (χ3v) is 4.30. The van der Waals surface area contributed by atoms with Crippen molar-refractivity contribution in [3.63, 3.8) is 0 Å². The Morgan fingerprint density at radius 2 is 2.00 bits per heavy atom. The molecule has 0 aromatic heterocycles. The molecule has 0 spiro atoms. The summed E-state index contributed by atoms with van der Waals surface area (Å²) in [6, 6.07) is 6.45. The number of benzene rings is 1. The molecular weight excluding hydrogens is 280 g/mol. The fourth-order valence-corrected chi connectivity index (χ4v) is 3.15. The van der Waals surface area contributed by atoms with Crippen LogP contribution in [0.5, 0.6) is 0 Å². The van der Waals surface area contributed by atoms with Crippen molar-refractivity contribution in [2.24, 2.45) is 0 Å². The molecule has 0 radical (unpaired) electrons. The Labute approximate surface area is 131 Å². The Kier molecular flexibility index (Phi) is 4.64. The molecule has 1 N–H and O–H groups in total. The van der Waals surface area contributed by atoms with E-state index in [1.165, 1.54) is 16.7 Å². The molecule has 3 rings (SSSR count). The number of amides is 2. The third kappa shape index (κ3) is 3.59. The summed E-state index contributed by atoms with van der Waals surface area (Å²) in [6.45, 7) is 7.28. The Balaban J connectivity index is 1.48. The number of urea groups is 1. The first kappa shape index (κ1) is 15.3. The van der Waals surface area contributed by atoms with E-state index < -0.39 is 0 Å². The smallest absolute Gasteiger partial charge is 0.317 e. The van der Waals surface area contributed by atoms with Crippen molar-refractivity contribution in [2.45, 2.75) is 32.5 Å². The molecule has 2 aliphatic heterocycles. The molecule has 0 aliphatic carbocycles. The zero-order valence-electron chi connectivity index (χ0n) is 13.3. The minimum Gasteiger partial charge on any atom is -0.376 e. The Morgan fingerprint density at radius 3 is 2.68 bits per heavy atom. The first-order chi connectivity index (χ1) is 10.6. The lowest BCUT2D eigenvalue weighted by Gasteiger charge is -2.41. The molecule has 120 valence electrons. The van der Waals surface area contributed by atoms with Gasteiger partial charge in [0.15, 0.2) is 0 Å². The molecule has 22 heavy (non-hydrogen) atoms. The van der Waals surface area contributed by atoms with E-state index in [0.29, 0.717) is 32.8 Å². The molecule has 0 saturated carbocycles. The van der Waals surface area contributed by atoms with Crippen molar-refractivity contribution in [1.82, 2.24) is 10.2 Å². The van der Waals surface area contributed by atoms with Crippen LogP contribution in [0, 0.1) is 13.8 Å². The summed E-state index contributed by atoms with van der Waals surface area (Å²) < 4.78 is 11.2. The van der Waals surface area contributed by atoms with Gasteiger partial charge >= 0.3 is 6.03 Å². The molecule has 2 amide bonds. The second-order valence-electron chi connectivity index (χ2n) is 6.23. The van der Waals surface area contributed by atoms with Gasteiger partial charge in [-0.05, 0) is 31.4 Å². The number of hydrogen-bond donors (Lipinski definition) is 1. The Morgan fingerprint density at radius 1 is 1.27 bits per heavy atom. The number of rotatable bonds is 3. The van der Waals surface area contributed by atoms with E-state index >= 15 is 0 Å². The first-order valence-electron chi connectivity index (χ1n) is 7.94. The van der Waals surface area contributed by atoms with E-state index in [0.717, 1.165) is 6.42 Å². The van der Waals surface area contributed by atoms with Crippen LogP contribution in [0.25, 0.3) is 0 Å². The van der Waals surface area contributed by atoms with Crippen LogP contribution in [0.2, 0.25) is 0 Å². The lowest BCUT2D eigenvalue weighted by molar-refractivity contribution is -0.171. The third-order valence-electron chi connectivity index (χ3n) is 4.30. The Hall–Kier alpha value is -1.59. The van der Waals surface area contributed by atoms with Crippen molar-refractivity contribution in [3.05, 3.63) is 34.9 Å². The van der Waals surface area contributed by atoms with Gasteiger partial charge in [-0.2, -0.15) is 0 Å². The van der Waals surface area contributed by atoms with Crippen molar-refractivity contribution in [1.29, 1.82) is 0 Å². The standard InChI is InChI=1S/C17H24N2O3/c1-12-3-4-14(13(2)7-12)5-6-18-17(20)19-8-15-10-21-11-16(9-19)22-15/h3-4,7,15-16H,5-6,8-11H2,1-2H3,(H,18,20). The lowest BCUT2D eigenvalue weighted by Crippen LogP contribution is -2.57. The molecule has 2 bridgehead atoms. The largest absolute Gasteiger partial charge is 0.376 e. The molecule has 1 aromatic rings. The molecule has 2 unspecified atom stereocenters. The van der Waals surface area contributed by atoms with Crippen LogP contribution in [0.1, 0.15) is 16.7 Å². The average molecular weight is 304 g/mol. The maximum Gasteiger partial charge on any atom is 0.317 e. The van der Waals surface area contributed by atoms with Crippen LogP contribution in [-0.2, 0) is 15.9 Å². The van der Waals surface area contributed by atoms with E-state index in [1.807, 2.05) is 4.90 Å². The van der Waals surface area contributed by atoms with Gasteiger partial charge in [-0.3, -0.25) is 0 Å². The van der Waals surface area contributed by atoms with Crippen molar-refractivity contribution >= 4 is 6.03 Å². The number of ether oxygens (including phenoxy) is 2. The summed E-state index contributed by atoms with van der Waals surface area (Å²) in [7, 11) is 0. The number of carbonyl (C=O) groups is 1. The normalized spacial score (nSPS) is 24.2. The molecule has 2 atom stereocenters. The molecule has 2 fully saturated rings. The Bertz CT molecular complexity index is 535. The molecule has 2 aliphatic rings. The maximum atomic E-state index is 12.3. The van der Waals surface area contributed by atoms with Crippen LogP contribution in [0.4, 0.5) is 4.79 Å². The van der Waals surface area contributed by atoms with Crippen LogP contribution in [-0.4, -0.2) is 56.0 Å². The fourth-order valence-electron chi connectivity index (χ4n) is 3.15. The van der Waals surface area contributed by atoms with E-state index in [1.54, 1.807) is 0 Å². The second-order valence-corrected chi connectivity index (χ2v) is 6.23. The van der Waals surface area contributed by atoms with E-state index in [2.05, 4.69) is 37.4 Å². The quantitative estimate of drug-likeness (QED) is 0.924. The highest BCUT2D eigenvalue weighted by Gasteiger charge is 2.33. The van der Waals surface area contributed by atoms with Gasteiger partial charge in [0.1, 0.15) is 0 Å². The SMILES string of the molecule is Cc1ccc(CCNC(=O)N2CC3COCC(C2)O3)c(C)c1. The first-order valence-corrected chi connectivity index (χ1v) is 7.94. The van der Waals surface area contributed by atoms with Crippen LogP contribution in [0.15, 0.2) is 18.2 Å². The van der Waals surface area contributed by atoms with E-state index in [9.17, 15) is 4.79 Å². The summed E-state index contributed by atoms with van der Waals surface area (Å²) in [5, 5.41) is 3.02. The van der Waals surface area contributed by atoms with E-state index in [-0.39, 0.29) is 18.2 Å². The van der Waals surface area contributed by atoms with Crippen LogP contribution >= 0.6 is 0 Å². The average Bonchev–Trinajstić information content (AvgIpc) is 2.49. The van der Waals surface area contributed by atoms with E-state index in [4.69, 9.17) is 9.47 Å². The monoisotopic (exact) mass is 304 g/mol. The number of nitrogens with one attached hydrogen (secondary N) is 1. The molecular formula is C17H24N2O3. The number of carbonyl (C=O) groups excluding carboxylic acids is 1. The predicted octanol–water partition coefficient (Wildman–Crippen LogP) is 1.66. The van der Waals surface area contributed by atoms with Crippen molar-refractivity contribution in [3.8, 4) is 0 Å². The molecule has 5 heteroatoms. The van der Waals surface area contributed by atoms with Gasteiger partial charge in [-0.25, -0.2) is 4.79 Å². The lowest BCUT2D eigenvalue weighted by atomic mass is 10.0. The van der Waals surface area contributed by atoms with Gasteiger partial charge in [-0.1, -0.05) is 23.8 Å². The topological polar surface area (TPSA) is 50.8 Å². The zero-order valence-corrected chi connectivity index (χ0v) is 13.3. The number of hydrogen-bond acceptors (Lipinski definition) is 3. The molecule has 2 saturated heterocycles. The summed E-state index contributed by atoms with van der Waals surface area (Å²) in [4.78, 5) is 14.1. The predicted molar refractivity (Wildman–Crippen MR) is 84.1 cm³/mol. The van der Waals surface area contributed by atoms with Gasteiger partial charge in [0.25, 0.3) is 0 Å². The molecule has 2 heterocycles. The van der Waals surface area contributed by atoms with Crippen LogP contribution in [0.3, 0.4) is 0 Å². The minimum absolute atomic E-state index is 0.00460. The summed E-state index contributed by atoms with van der Waals surface area (Å²) in [5.74, 6) is 0. The maximum absolute atomic E-state index is 12.3. The van der Waals surface area contributed by atoms with Crippen molar-refractivity contribution < 1.29 is 14.3 Å². The van der Waals surface area contributed by atoms with Gasteiger partial charge in [0.05, 0.1) is 38.5 Å². The summed E-state index contributed by atoms with van der Waals surface area (Å²) in [6.07, 6.45) is 0.910. The summed E-state index contributed by atoms with van der Waals surface area (Å²) >= 11 is 0. The highest BCUT2D eigenvalue weighted by atomic mass is 16.6. The number of morpholine rings is 1. The fraction of sp³-hybridized carbons (Fsp3) is 0.588. The van der Waals surface area contributed by atoms with Crippen molar-refractivity contribution in [2.75, 3.05) is 32.8 Å². The van der Waals surface area contributed by atoms with Gasteiger partial charge < -0.3 is 19.7 Å². The van der Waals surface area contributed by atoms with Crippen LogP contribution < -0.4 is 5.32 Å². The summed E-state index contributed by atoms with van der Waals surface area (Å²) in [5.41, 5.74) is 3.85. The number of aryl methyl sites for hydroxylation is 2. The minimum atomic E-state index is 0.00460. The molecule has 5 nitrogen and oxygen atoms in total. The highest BCUT2D eigenvalue weighted by Crippen LogP contribution is 2.17. The van der Waals surface area contributed by atoms with Gasteiger partial charge in [0.2, 0.25) is 0 Å². The second kappa shape index (κ2) is 6.67. The molecule has 1 aromatic carbocycles. The van der Waals surface area contributed by atoms with Gasteiger partial charge in [0, 0.05) is 6.54 Å².